The highest BCUT2D eigenvalue weighted by molar-refractivity contribution is 5.97. The molecule has 1 saturated heterocycles. The zero-order chi connectivity index (χ0) is 12.6. The van der Waals surface area contributed by atoms with Gasteiger partial charge in [-0.3, -0.25) is 10.2 Å². The lowest BCUT2D eigenvalue weighted by molar-refractivity contribution is -0.0725. The number of carbonyl (C=O) groups is 1. The summed E-state index contributed by atoms with van der Waals surface area (Å²) >= 11 is 0. The highest BCUT2D eigenvalue weighted by Crippen LogP contribution is 2.25. The van der Waals surface area contributed by atoms with Gasteiger partial charge in [0.15, 0.2) is 5.96 Å². The quantitative estimate of drug-likeness (QED) is 0.454. The highest BCUT2D eigenvalue weighted by atomic mass is 16.5. The fourth-order valence-corrected chi connectivity index (χ4v) is 2.06. The molecule has 2 amide bonds. The van der Waals surface area contributed by atoms with Gasteiger partial charge < -0.3 is 20.7 Å². The summed E-state index contributed by atoms with van der Waals surface area (Å²) in [4.78, 5) is 17.1. The van der Waals surface area contributed by atoms with Gasteiger partial charge >= 0.3 is 6.03 Å². The summed E-state index contributed by atoms with van der Waals surface area (Å²) in [6.45, 7) is 1.42. The van der Waals surface area contributed by atoms with E-state index in [1.54, 1.807) is 6.92 Å². The van der Waals surface area contributed by atoms with Crippen LogP contribution < -0.4 is 11.1 Å². The molecular weight excluding hydrogens is 228 g/mol. The number of aliphatic imine (C=N–C) groups is 1. The molecular formula is C9H16N4O4. The van der Waals surface area contributed by atoms with E-state index >= 15 is 0 Å². The van der Waals surface area contributed by atoms with Crippen molar-refractivity contribution < 1.29 is 19.7 Å². The highest BCUT2D eigenvalue weighted by Gasteiger charge is 2.41. The van der Waals surface area contributed by atoms with E-state index in [0.29, 0.717) is 0 Å². The second kappa shape index (κ2) is 4.47. The van der Waals surface area contributed by atoms with Gasteiger partial charge in [0.2, 0.25) is 0 Å². The van der Waals surface area contributed by atoms with Crippen LogP contribution in [0.1, 0.15) is 13.3 Å². The van der Waals surface area contributed by atoms with Crippen LogP contribution in [-0.2, 0) is 4.74 Å². The summed E-state index contributed by atoms with van der Waals surface area (Å²) in [5.74, 6) is 0.0657. The summed E-state index contributed by atoms with van der Waals surface area (Å²) in [6.07, 6.45) is -2.26. The van der Waals surface area contributed by atoms with Crippen molar-refractivity contribution in [3.05, 3.63) is 0 Å². The van der Waals surface area contributed by atoms with Crippen molar-refractivity contribution in [3.8, 4) is 0 Å². The molecule has 1 unspecified atom stereocenters. The molecule has 2 aliphatic rings. The molecule has 0 spiro atoms. The zero-order valence-corrected chi connectivity index (χ0v) is 9.41. The van der Waals surface area contributed by atoms with Crippen molar-refractivity contribution >= 4 is 12.0 Å². The molecule has 0 aromatic heterocycles. The Labute approximate surface area is 98.1 Å². The van der Waals surface area contributed by atoms with E-state index < -0.39 is 30.6 Å². The van der Waals surface area contributed by atoms with E-state index in [9.17, 15) is 9.90 Å². The predicted molar refractivity (Wildman–Crippen MR) is 57.8 cm³/mol. The summed E-state index contributed by atoms with van der Waals surface area (Å²) in [5, 5.41) is 21.0. The molecule has 0 aromatic rings. The number of nitrogens with two attached hydrogens (primary N) is 1. The topological polar surface area (TPSA) is 120 Å². The molecule has 0 aromatic carbocycles. The third-order valence-corrected chi connectivity index (χ3v) is 2.89. The Morgan fingerprint density at radius 3 is 2.94 bits per heavy atom. The molecule has 5 N–H and O–H groups in total. The summed E-state index contributed by atoms with van der Waals surface area (Å²) in [7, 11) is 0. The number of nitrogens with one attached hydrogen (secondary N) is 1. The third kappa shape index (κ3) is 2.19. The molecule has 0 bridgehead atoms. The van der Waals surface area contributed by atoms with Gasteiger partial charge in [-0.2, -0.15) is 0 Å². The van der Waals surface area contributed by atoms with Crippen molar-refractivity contribution in [3.63, 3.8) is 0 Å². The maximum absolute atomic E-state index is 11.7. The molecule has 8 nitrogen and oxygen atoms in total. The smallest absolute Gasteiger partial charge is 0.327 e. The lowest BCUT2D eigenvalue weighted by Crippen LogP contribution is -2.57. The van der Waals surface area contributed by atoms with Crippen molar-refractivity contribution in [2.24, 2.45) is 10.7 Å². The van der Waals surface area contributed by atoms with Crippen LogP contribution in [0.25, 0.3) is 0 Å². The van der Waals surface area contributed by atoms with Crippen LogP contribution in [0.4, 0.5) is 4.79 Å². The number of guanidine groups is 1. The molecule has 17 heavy (non-hydrogen) atoms. The predicted octanol–water partition coefficient (Wildman–Crippen LogP) is -1.86. The van der Waals surface area contributed by atoms with Crippen LogP contribution in [-0.4, -0.2) is 58.3 Å². The Kier molecular flexibility index (Phi) is 3.18. The van der Waals surface area contributed by atoms with E-state index in [1.165, 1.54) is 4.90 Å². The Morgan fingerprint density at radius 1 is 1.71 bits per heavy atom. The number of ether oxygens (including phenoxy) is 1. The maximum Gasteiger partial charge on any atom is 0.327 e. The van der Waals surface area contributed by atoms with Crippen LogP contribution in [0.2, 0.25) is 0 Å². The van der Waals surface area contributed by atoms with Gasteiger partial charge in [-0.05, 0) is 6.92 Å². The Hall–Kier alpha value is -1.38. The normalized spacial score (nSPS) is 37.9. The summed E-state index contributed by atoms with van der Waals surface area (Å²) < 4.78 is 5.39. The number of amides is 2. The molecule has 2 rings (SSSR count). The van der Waals surface area contributed by atoms with E-state index in [-0.39, 0.29) is 19.0 Å². The monoisotopic (exact) mass is 244 g/mol. The van der Waals surface area contributed by atoms with Crippen LogP contribution >= 0.6 is 0 Å². The molecule has 4 atom stereocenters. The minimum atomic E-state index is -0.784. The average Bonchev–Trinajstić information content (AvgIpc) is 2.57. The Morgan fingerprint density at radius 2 is 2.41 bits per heavy atom. The average molecular weight is 244 g/mol. The molecule has 96 valence electrons. The van der Waals surface area contributed by atoms with Crippen LogP contribution in [0.15, 0.2) is 4.99 Å². The lowest BCUT2D eigenvalue weighted by atomic mass is 10.2. The summed E-state index contributed by atoms with van der Waals surface area (Å²) in [5.41, 5.74) is 5.42. The van der Waals surface area contributed by atoms with Crippen molar-refractivity contribution in [1.29, 1.82) is 0 Å². The molecule has 0 radical (unpaired) electrons. The van der Waals surface area contributed by atoms with Crippen LogP contribution in [0.5, 0.6) is 0 Å². The number of urea groups is 1. The van der Waals surface area contributed by atoms with Gasteiger partial charge in [0, 0.05) is 6.42 Å². The zero-order valence-electron chi connectivity index (χ0n) is 9.41. The van der Waals surface area contributed by atoms with Crippen LogP contribution in [0, 0.1) is 0 Å². The molecule has 8 heteroatoms. The van der Waals surface area contributed by atoms with Gasteiger partial charge in [-0.1, -0.05) is 0 Å². The molecule has 2 aliphatic heterocycles. The standard InChI is InChI=1S/C9H16N4O4/c1-4-11-8(10)12-9(16)13(4)7-2-5(15)6(3-14)17-7/h4-7,14-15H,2-3H2,1H3,(H3,10,11,12,16)/t4?,5-,6+,7+/m0/s1. The first kappa shape index (κ1) is 12.1. The van der Waals surface area contributed by atoms with E-state index in [0.717, 1.165) is 0 Å². The molecule has 1 fully saturated rings. The number of aliphatic hydroxyl groups excluding tert-OH is 2. The third-order valence-electron chi connectivity index (χ3n) is 2.89. The van der Waals surface area contributed by atoms with Gasteiger partial charge in [-0.15, -0.1) is 0 Å². The molecule has 0 aliphatic carbocycles. The number of hydrogen-bond acceptors (Lipinski definition) is 6. The van der Waals surface area contributed by atoms with Gasteiger partial charge in [0.05, 0.1) is 12.7 Å². The lowest BCUT2D eigenvalue weighted by Gasteiger charge is -2.34. The second-order valence-corrected chi connectivity index (χ2v) is 4.10. The second-order valence-electron chi connectivity index (χ2n) is 4.10. The van der Waals surface area contributed by atoms with E-state index in [4.69, 9.17) is 15.6 Å². The first-order chi connectivity index (χ1) is 8.02. The summed E-state index contributed by atoms with van der Waals surface area (Å²) in [6, 6.07) is -0.416. The molecule has 2 heterocycles. The van der Waals surface area contributed by atoms with Gasteiger partial charge in [0.1, 0.15) is 18.5 Å². The number of carbonyl (C=O) groups excluding carboxylic acids is 1. The van der Waals surface area contributed by atoms with Crippen molar-refractivity contribution in [1.82, 2.24) is 10.2 Å². The van der Waals surface area contributed by atoms with E-state index in [1.807, 2.05) is 0 Å². The largest absolute Gasteiger partial charge is 0.394 e. The first-order valence-electron chi connectivity index (χ1n) is 5.40. The fourth-order valence-electron chi connectivity index (χ4n) is 2.06. The first-order valence-corrected chi connectivity index (χ1v) is 5.40. The van der Waals surface area contributed by atoms with Crippen LogP contribution in [0.3, 0.4) is 0 Å². The van der Waals surface area contributed by atoms with Crippen molar-refractivity contribution in [2.75, 3.05) is 6.61 Å². The van der Waals surface area contributed by atoms with Crippen molar-refractivity contribution in [2.45, 2.75) is 37.9 Å². The fraction of sp³-hybridized carbons (Fsp3) is 0.778. The number of nitrogens with zero attached hydrogens (tertiary/aromatic N) is 2. The van der Waals surface area contributed by atoms with E-state index in [2.05, 4.69) is 10.3 Å². The number of hydrogen-bond donors (Lipinski definition) is 4. The Bertz CT molecular complexity index is 348. The van der Waals surface area contributed by atoms with Gasteiger partial charge in [0.25, 0.3) is 0 Å². The van der Waals surface area contributed by atoms with Gasteiger partial charge in [-0.25, -0.2) is 9.79 Å². The minimum absolute atomic E-state index is 0.0657. The molecule has 0 saturated carbocycles. The minimum Gasteiger partial charge on any atom is -0.394 e. The SMILES string of the molecule is CC1N=C(N)NC(=O)N1[C@H]1C[C@H](O)[C@@H](CO)O1. The maximum atomic E-state index is 11.7. The number of aliphatic hydroxyl groups is 2. The Balaban J connectivity index is 2.11. The number of rotatable bonds is 2.